The minimum atomic E-state index is -1.39. The molecule has 4 N–H and O–H groups in total. The Kier molecular flexibility index (Phi) is 7.58. The zero-order valence-corrected chi connectivity index (χ0v) is 23.5. The van der Waals surface area contributed by atoms with Gasteiger partial charge in [-0.15, -0.1) is 0 Å². The van der Waals surface area contributed by atoms with E-state index in [1.807, 2.05) is 30.3 Å². The minimum absolute atomic E-state index is 0.0788. The van der Waals surface area contributed by atoms with E-state index in [0.29, 0.717) is 50.1 Å². The van der Waals surface area contributed by atoms with Gasteiger partial charge in [-0.1, -0.05) is 36.4 Å². The molecule has 3 aliphatic heterocycles. The molecule has 1 unspecified atom stereocenters. The zero-order valence-electron chi connectivity index (χ0n) is 23.5. The minimum Gasteiger partial charge on any atom is -0.461 e. The number of carbonyl (C=O) groups is 1. The average molecular weight is 603 g/mol. The number of aliphatic hydroxyl groups is 4. The van der Waals surface area contributed by atoms with E-state index < -0.39 is 30.6 Å². The Morgan fingerprint density at radius 2 is 1.59 bits per heavy atom. The molecule has 228 valence electrons. The predicted molar refractivity (Wildman–Crippen MR) is 154 cm³/mol. The van der Waals surface area contributed by atoms with Gasteiger partial charge in [-0.25, -0.2) is 4.79 Å². The van der Waals surface area contributed by atoms with Gasteiger partial charge in [0.15, 0.2) is 11.5 Å². The maximum atomic E-state index is 13.3. The van der Waals surface area contributed by atoms with Gasteiger partial charge in [0.25, 0.3) is 0 Å². The van der Waals surface area contributed by atoms with Crippen LogP contribution in [0.2, 0.25) is 0 Å². The summed E-state index contributed by atoms with van der Waals surface area (Å²) in [6.07, 6.45) is -4.79. The average Bonchev–Trinajstić information content (AvgIpc) is 3.68. The fourth-order valence-corrected chi connectivity index (χ4v) is 5.97. The highest BCUT2D eigenvalue weighted by atomic mass is 16.7. The molecule has 4 aromatic rings. The lowest BCUT2D eigenvalue weighted by atomic mass is 9.87. The summed E-state index contributed by atoms with van der Waals surface area (Å²) < 4.78 is 34.6. The molecule has 1 fully saturated rings. The van der Waals surface area contributed by atoms with Gasteiger partial charge in [0.2, 0.25) is 13.1 Å². The van der Waals surface area contributed by atoms with Gasteiger partial charge in [0.1, 0.15) is 30.7 Å². The molecular formula is C33H30O11. The van der Waals surface area contributed by atoms with Crippen LogP contribution in [0.4, 0.5) is 0 Å². The number of cyclic esters (lactones) is 1. The van der Waals surface area contributed by atoms with E-state index in [1.54, 1.807) is 30.3 Å². The third kappa shape index (κ3) is 4.93. The van der Waals surface area contributed by atoms with Gasteiger partial charge < -0.3 is 48.8 Å². The van der Waals surface area contributed by atoms with Crippen LogP contribution < -0.4 is 14.2 Å². The number of ether oxygens (including phenoxy) is 6. The van der Waals surface area contributed by atoms with E-state index in [-0.39, 0.29) is 51.1 Å². The molecular weight excluding hydrogens is 572 g/mol. The first-order chi connectivity index (χ1) is 21.5. The topological polar surface area (TPSA) is 153 Å². The summed E-state index contributed by atoms with van der Waals surface area (Å²) in [4.78, 5) is 13.3. The van der Waals surface area contributed by atoms with Gasteiger partial charge in [-0.3, -0.25) is 0 Å². The lowest BCUT2D eigenvalue weighted by Gasteiger charge is -2.38. The third-order valence-corrected chi connectivity index (χ3v) is 8.18. The molecule has 11 heteroatoms. The second-order valence-electron chi connectivity index (χ2n) is 10.8. The number of fused-ring (bicyclic) bond motifs is 3. The first-order valence-electron chi connectivity index (χ1n) is 14.2. The molecule has 3 aliphatic rings. The highest BCUT2D eigenvalue weighted by molar-refractivity contribution is 6.13. The van der Waals surface area contributed by atoms with Gasteiger partial charge >= 0.3 is 5.97 Å². The smallest absolute Gasteiger partial charge is 0.339 e. The lowest BCUT2D eigenvalue weighted by molar-refractivity contribution is -0.254. The second-order valence-corrected chi connectivity index (χ2v) is 10.8. The summed E-state index contributed by atoms with van der Waals surface area (Å²) in [5.41, 5.74) is 3.65. The molecule has 4 aromatic carbocycles. The molecule has 0 saturated carbocycles. The Labute approximate surface area is 251 Å². The number of hydrogen-bond acceptors (Lipinski definition) is 11. The summed E-state index contributed by atoms with van der Waals surface area (Å²) in [5, 5.41) is 43.2. The molecule has 0 aromatic heterocycles. The summed E-state index contributed by atoms with van der Waals surface area (Å²) in [7, 11) is 0. The molecule has 44 heavy (non-hydrogen) atoms. The standard InChI is InChI=1S/C33H30O11/c34-11-19-8-21-22(9-20(19)12-35)30(44-33-29(37)31(24(36)15-41-33)39-13-17-4-2-1-3-5-17)23-14-40-32(38)28(23)27(21)18-6-7-25-26(10-18)43-16-42-25/h1-10,24,29,31,33-37H,11-16H2/t24-,29-,31+,33?/m1/s1. The van der Waals surface area contributed by atoms with Crippen LogP contribution in [0, 0.1) is 0 Å². The number of esters is 1. The van der Waals surface area contributed by atoms with Crippen LogP contribution in [0.3, 0.4) is 0 Å². The molecule has 0 aliphatic carbocycles. The Bertz CT molecular complexity index is 1720. The fourth-order valence-electron chi connectivity index (χ4n) is 5.97. The molecule has 11 nitrogen and oxygen atoms in total. The van der Waals surface area contributed by atoms with E-state index in [4.69, 9.17) is 28.4 Å². The van der Waals surface area contributed by atoms with Gasteiger partial charge in [0, 0.05) is 16.5 Å². The predicted octanol–water partition coefficient (Wildman–Crippen LogP) is 2.93. The Balaban J connectivity index is 1.33. The van der Waals surface area contributed by atoms with Crippen LogP contribution in [-0.4, -0.2) is 64.4 Å². The molecule has 7 rings (SSSR count). The molecule has 4 atom stereocenters. The van der Waals surface area contributed by atoms with Crippen LogP contribution in [0.25, 0.3) is 21.9 Å². The van der Waals surface area contributed by atoms with E-state index in [1.165, 1.54) is 0 Å². The summed E-state index contributed by atoms with van der Waals surface area (Å²) >= 11 is 0. The van der Waals surface area contributed by atoms with Crippen molar-refractivity contribution in [3.63, 3.8) is 0 Å². The van der Waals surface area contributed by atoms with Crippen molar-refractivity contribution in [1.29, 1.82) is 0 Å². The maximum Gasteiger partial charge on any atom is 0.339 e. The number of carbonyl (C=O) groups excluding carboxylic acids is 1. The summed E-state index contributed by atoms with van der Waals surface area (Å²) in [6, 6.07) is 18.1. The molecule has 0 radical (unpaired) electrons. The number of rotatable bonds is 8. The van der Waals surface area contributed by atoms with E-state index in [0.717, 1.165) is 5.56 Å². The van der Waals surface area contributed by atoms with Crippen molar-refractivity contribution < 1.29 is 53.6 Å². The summed E-state index contributed by atoms with van der Waals surface area (Å²) in [5.74, 6) is 0.738. The quantitative estimate of drug-likeness (QED) is 0.220. The molecule has 0 bridgehead atoms. The van der Waals surface area contributed by atoms with Crippen molar-refractivity contribution in [3.05, 3.63) is 88.5 Å². The Morgan fingerprint density at radius 3 is 2.36 bits per heavy atom. The van der Waals surface area contributed by atoms with Crippen molar-refractivity contribution in [2.75, 3.05) is 13.4 Å². The normalized spacial score (nSPS) is 22.2. The lowest BCUT2D eigenvalue weighted by Crippen LogP contribution is -2.56. The Hall–Kier alpha value is -4.23. The number of benzene rings is 4. The Morgan fingerprint density at radius 1 is 0.841 bits per heavy atom. The van der Waals surface area contributed by atoms with Crippen LogP contribution >= 0.6 is 0 Å². The monoisotopic (exact) mass is 602 g/mol. The van der Waals surface area contributed by atoms with E-state index in [9.17, 15) is 25.2 Å². The van der Waals surface area contributed by atoms with Crippen LogP contribution in [-0.2, 0) is 40.6 Å². The van der Waals surface area contributed by atoms with Crippen LogP contribution in [0.5, 0.6) is 17.2 Å². The SMILES string of the molecule is O=C1OCc2c1c(-c1ccc3c(c1)OCO3)c1cc(CO)c(CO)cc1c2OC1OC[C@@H](O)[C@H](OCc2ccccc2)[C@H]1O. The van der Waals surface area contributed by atoms with Crippen molar-refractivity contribution in [3.8, 4) is 28.4 Å². The van der Waals surface area contributed by atoms with Crippen molar-refractivity contribution in [2.24, 2.45) is 0 Å². The molecule has 3 heterocycles. The highest BCUT2D eigenvalue weighted by Crippen LogP contribution is 2.48. The molecule has 1 saturated heterocycles. The largest absolute Gasteiger partial charge is 0.461 e. The number of aliphatic hydroxyl groups excluding tert-OH is 4. The first kappa shape index (κ1) is 28.5. The first-order valence-corrected chi connectivity index (χ1v) is 14.2. The molecule has 0 amide bonds. The van der Waals surface area contributed by atoms with Crippen molar-refractivity contribution in [2.45, 2.75) is 51.0 Å². The summed E-state index contributed by atoms with van der Waals surface area (Å²) in [6.45, 7) is -0.750. The zero-order chi connectivity index (χ0) is 30.4. The fraction of sp³-hybridized carbons (Fsp3) is 0.303. The van der Waals surface area contributed by atoms with Crippen molar-refractivity contribution in [1.82, 2.24) is 0 Å². The second kappa shape index (κ2) is 11.7. The van der Waals surface area contributed by atoms with Gasteiger partial charge in [-0.05, 0) is 51.9 Å². The van der Waals surface area contributed by atoms with E-state index in [2.05, 4.69) is 0 Å². The third-order valence-electron chi connectivity index (χ3n) is 8.18. The molecule has 0 spiro atoms. The van der Waals surface area contributed by atoms with Gasteiger partial charge in [0.05, 0.1) is 32.0 Å². The van der Waals surface area contributed by atoms with Gasteiger partial charge in [-0.2, -0.15) is 0 Å². The highest BCUT2D eigenvalue weighted by Gasteiger charge is 2.43. The van der Waals surface area contributed by atoms with Crippen LogP contribution in [0.15, 0.2) is 60.7 Å². The van der Waals surface area contributed by atoms with Crippen molar-refractivity contribution >= 4 is 16.7 Å². The van der Waals surface area contributed by atoms with E-state index >= 15 is 0 Å². The number of hydrogen-bond donors (Lipinski definition) is 4. The van der Waals surface area contributed by atoms with Crippen LogP contribution in [0.1, 0.15) is 32.6 Å². The maximum absolute atomic E-state index is 13.3.